The van der Waals surface area contributed by atoms with Gasteiger partial charge < -0.3 is 23.9 Å². The van der Waals surface area contributed by atoms with Crippen LogP contribution in [0.1, 0.15) is 0 Å². The lowest BCUT2D eigenvalue weighted by Crippen LogP contribution is -2.13. The highest BCUT2D eigenvalue weighted by Crippen LogP contribution is 2.17. The van der Waals surface area contributed by atoms with Crippen molar-refractivity contribution >= 4 is 27.0 Å². The van der Waals surface area contributed by atoms with Crippen LogP contribution >= 0.6 is 15.9 Å². The molecule has 0 bridgehead atoms. The number of aromatic nitrogens is 2. The van der Waals surface area contributed by atoms with Crippen LogP contribution in [0.2, 0.25) is 0 Å². The van der Waals surface area contributed by atoms with Crippen molar-refractivity contribution in [2.45, 2.75) is 0 Å². The number of ether oxygens (including phenoxy) is 4. The molecule has 0 radical (unpaired) electrons. The molecular formula is C15H21BrN2O4. The number of imidazole rings is 1. The zero-order valence-corrected chi connectivity index (χ0v) is 14.0. The monoisotopic (exact) mass is 372 g/mol. The smallest absolute Gasteiger partial charge is 0.121 e. The van der Waals surface area contributed by atoms with Crippen LogP contribution < -0.4 is 4.74 Å². The summed E-state index contributed by atoms with van der Waals surface area (Å²) in [5.74, 6) is 0.795. The van der Waals surface area contributed by atoms with Crippen molar-refractivity contribution in [1.29, 1.82) is 0 Å². The first-order valence-electron chi connectivity index (χ1n) is 7.25. The molecule has 0 aliphatic heterocycles. The Morgan fingerprint density at radius 1 is 0.909 bits per heavy atom. The van der Waals surface area contributed by atoms with E-state index in [1.807, 2.05) is 18.2 Å². The summed E-state index contributed by atoms with van der Waals surface area (Å²) in [6.07, 6.45) is 1.67. The highest BCUT2D eigenvalue weighted by atomic mass is 79.9. The van der Waals surface area contributed by atoms with Crippen molar-refractivity contribution in [3.8, 4) is 5.75 Å². The fourth-order valence-corrected chi connectivity index (χ4v) is 2.05. The summed E-state index contributed by atoms with van der Waals surface area (Å²) >= 11 is 3.29. The molecule has 7 heteroatoms. The summed E-state index contributed by atoms with van der Waals surface area (Å²) in [4.78, 5) is 7.23. The van der Waals surface area contributed by atoms with Gasteiger partial charge in [0.2, 0.25) is 0 Å². The molecule has 0 aliphatic rings. The van der Waals surface area contributed by atoms with Gasteiger partial charge in [0.05, 0.1) is 57.0 Å². The van der Waals surface area contributed by atoms with E-state index in [0.29, 0.717) is 46.2 Å². The van der Waals surface area contributed by atoms with Crippen molar-refractivity contribution in [3.05, 3.63) is 24.5 Å². The number of hydrogen-bond donors (Lipinski definition) is 1. The van der Waals surface area contributed by atoms with Gasteiger partial charge in [-0.15, -0.1) is 0 Å². The van der Waals surface area contributed by atoms with Crippen LogP contribution in [0.3, 0.4) is 0 Å². The fraction of sp³-hybridized carbons (Fsp3) is 0.533. The second-order valence-electron chi connectivity index (χ2n) is 4.46. The topological polar surface area (TPSA) is 65.6 Å². The van der Waals surface area contributed by atoms with Crippen molar-refractivity contribution in [2.75, 3.05) is 51.6 Å². The minimum absolute atomic E-state index is 0.504. The lowest BCUT2D eigenvalue weighted by atomic mass is 10.3. The Labute approximate surface area is 138 Å². The van der Waals surface area contributed by atoms with Crippen molar-refractivity contribution in [1.82, 2.24) is 9.97 Å². The normalized spacial score (nSPS) is 11.1. The molecule has 2 rings (SSSR count). The van der Waals surface area contributed by atoms with E-state index in [2.05, 4.69) is 25.9 Å². The molecule has 0 unspecified atom stereocenters. The highest BCUT2D eigenvalue weighted by Gasteiger charge is 1.99. The predicted molar refractivity (Wildman–Crippen MR) is 87.8 cm³/mol. The Morgan fingerprint density at radius 3 is 2.32 bits per heavy atom. The molecule has 1 heterocycles. The summed E-state index contributed by atoms with van der Waals surface area (Å²) in [6.45, 7) is 4.08. The number of fused-ring (bicyclic) bond motifs is 1. The van der Waals surface area contributed by atoms with Crippen LogP contribution in [0.25, 0.3) is 11.0 Å². The number of halogens is 1. The third-order valence-electron chi connectivity index (χ3n) is 2.85. The number of H-pyrrole nitrogens is 1. The second-order valence-corrected chi connectivity index (χ2v) is 5.25. The Balaban J connectivity index is 1.45. The lowest BCUT2D eigenvalue weighted by Gasteiger charge is -2.08. The summed E-state index contributed by atoms with van der Waals surface area (Å²) < 4.78 is 21.7. The summed E-state index contributed by atoms with van der Waals surface area (Å²) in [5.41, 5.74) is 1.90. The zero-order valence-electron chi connectivity index (χ0n) is 12.4. The van der Waals surface area contributed by atoms with Gasteiger partial charge in [0, 0.05) is 11.4 Å². The number of benzene rings is 1. The maximum atomic E-state index is 5.61. The number of rotatable bonds is 12. The first-order chi connectivity index (χ1) is 10.9. The van der Waals surface area contributed by atoms with Gasteiger partial charge in [-0.3, -0.25) is 0 Å². The SMILES string of the molecule is BrCCOCCOCCOCCOc1ccc2[nH]cnc2c1. The first-order valence-corrected chi connectivity index (χ1v) is 8.37. The Kier molecular flexibility index (Phi) is 8.26. The van der Waals surface area contributed by atoms with Gasteiger partial charge in [-0.2, -0.15) is 0 Å². The van der Waals surface area contributed by atoms with E-state index in [1.165, 1.54) is 0 Å². The van der Waals surface area contributed by atoms with E-state index in [4.69, 9.17) is 18.9 Å². The number of hydrogen-bond acceptors (Lipinski definition) is 5. The minimum atomic E-state index is 0.504. The van der Waals surface area contributed by atoms with Gasteiger partial charge in [-0.05, 0) is 12.1 Å². The molecule has 0 amide bonds. The van der Waals surface area contributed by atoms with E-state index in [0.717, 1.165) is 22.1 Å². The molecule has 22 heavy (non-hydrogen) atoms. The highest BCUT2D eigenvalue weighted by molar-refractivity contribution is 9.09. The van der Waals surface area contributed by atoms with Crippen molar-refractivity contribution in [2.24, 2.45) is 0 Å². The average Bonchev–Trinajstić information content (AvgIpc) is 3.00. The third-order valence-corrected chi connectivity index (χ3v) is 3.18. The third kappa shape index (κ3) is 6.31. The quantitative estimate of drug-likeness (QED) is 0.457. The molecule has 0 saturated carbocycles. The molecule has 2 aromatic rings. The number of aromatic amines is 1. The van der Waals surface area contributed by atoms with Gasteiger partial charge in [0.25, 0.3) is 0 Å². The van der Waals surface area contributed by atoms with E-state index in [9.17, 15) is 0 Å². The van der Waals surface area contributed by atoms with Gasteiger partial charge in [0.1, 0.15) is 12.4 Å². The van der Waals surface area contributed by atoms with Crippen LogP contribution in [0.15, 0.2) is 24.5 Å². The second kappa shape index (κ2) is 10.6. The summed E-state index contributed by atoms with van der Waals surface area (Å²) in [6, 6.07) is 5.77. The minimum Gasteiger partial charge on any atom is -0.491 e. The van der Waals surface area contributed by atoms with Crippen LogP contribution in [0.4, 0.5) is 0 Å². The van der Waals surface area contributed by atoms with E-state index in [1.54, 1.807) is 6.33 Å². The predicted octanol–water partition coefficient (Wildman–Crippen LogP) is 2.39. The Morgan fingerprint density at radius 2 is 1.59 bits per heavy atom. The van der Waals surface area contributed by atoms with E-state index in [-0.39, 0.29) is 0 Å². The van der Waals surface area contributed by atoms with E-state index >= 15 is 0 Å². The Hall–Kier alpha value is -1.15. The molecule has 1 N–H and O–H groups in total. The van der Waals surface area contributed by atoms with Crippen LogP contribution in [0.5, 0.6) is 5.75 Å². The molecule has 1 aromatic heterocycles. The van der Waals surface area contributed by atoms with Crippen LogP contribution in [-0.4, -0.2) is 61.5 Å². The van der Waals surface area contributed by atoms with Gasteiger partial charge in [-0.1, -0.05) is 15.9 Å². The number of alkyl halides is 1. The molecule has 6 nitrogen and oxygen atoms in total. The number of nitrogens with zero attached hydrogens (tertiary/aromatic N) is 1. The maximum absolute atomic E-state index is 5.61. The standard InChI is InChI=1S/C15H21BrN2O4/c16-3-4-19-5-6-20-7-8-21-9-10-22-13-1-2-14-15(11-13)18-12-17-14/h1-2,11-12H,3-10H2,(H,17,18). The lowest BCUT2D eigenvalue weighted by molar-refractivity contribution is 0.0119. The Bertz CT molecular complexity index is 535. The fourth-order valence-electron chi connectivity index (χ4n) is 1.82. The van der Waals surface area contributed by atoms with E-state index < -0.39 is 0 Å². The van der Waals surface area contributed by atoms with Crippen LogP contribution in [0, 0.1) is 0 Å². The van der Waals surface area contributed by atoms with Crippen molar-refractivity contribution in [3.63, 3.8) is 0 Å². The average molecular weight is 373 g/mol. The molecule has 0 atom stereocenters. The first kappa shape index (κ1) is 17.2. The summed E-state index contributed by atoms with van der Waals surface area (Å²) in [5, 5.41) is 0.850. The molecule has 0 fully saturated rings. The molecule has 0 spiro atoms. The van der Waals surface area contributed by atoms with Crippen molar-refractivity contribution < 1.29 is 18.9 Å². The molecule has 0 saturated heterocycles. The number of nitrogens with one attached hydrogen (secondary N) is 1. The van der Waals surface area contributed by atoms with Crippen LogP contribution in [-0.2, 0) is 14.2 Å². The van der Waals surface area contributed by atoms with Gasteiger partial charge >= 0.3 is 0 Å². The van der Waals surface area contributed by atoms with Gasteiger partial charge in [-0.25, -0.2) is 4.98 Å². The zero-order chi connectivity index (χ0) is 15.5. The largest absolute Gasteiger partial charge is 0.491 e. The molecule has 122 valence electrons. The van der Waals surface area contributed by atoms with Gasteiger partial charge in [0.15, 0.2) is 0 Å². The maximum Gasteiger partial charge on any atom is 0.121 e. The summed E-state index contributed by atoms with van der Waals surface area (Å²) in [7, 11) is 0. The molecule has 0 aliphatic carbocycles. The molecule has 1 aromatic carbocycles. The molecular weight excluding hydrogens is 352 g/mol.